The summed E-state index contributed by atoms with van der Waals surface area (Å²) in [7, 11) is 4.03. The van der Waals surface area contributed by atoms with Gasteiger partial charge in [0, 0.05) is 35.2 Å². The highest BCUT2D eigenvalue weighted by molar-refractivity contribution is 7.12. The number of nitrogens with zero attached hydrogens (tertiary/aromatic N) is 6. The van der Waals surface area contributed by atoms with Crippen LogP contribution in [0, 0.1) is 0 Å². The Hall–Kier alpha value is -0.450. The molecule has 6 nitrogen and oxygen atoms in total. The zero-order valence-corrected chi connectivity index (χ0v) is 20.7. The number of anilines is 2. The maximum absolute atomic E-state index is 6.12. The summed E-state index contributed by atoms with van der Waals surface area (Å²) in [5.41, 5.74) is 0.773. The van der Waals surface area contributed by atoms with E-state index < -0.39 is 3.79 Å². The molecular formula is C16H15Cl5N6S2. The summed E-state index contributed by atoms with van der Waals surface area (Å²) in [6.07, 6.45) is 0.872. The van der Waals surface area contributed by atoms with Crippen LogP contribution in [0.1, 0.15) is 12.2 Å². The van der Waals surface area contributed by atoms with E-state index >= 15 is 0 Å². The molecule has 0 radical (unpaired) electrons. The highest BCUT2D eigenvalue weighted by atomic mass is 35.6. The summed E-state index contributed by atoms with van der Waals surface area (Å²) in [6.45, 7) is 1.55. The van der Waals surface area contributed by atoms with E-state index in [9.17, 15) is 0 Å². The molecule has 0 saturated heterocycles. The van der Waals surface area contributed by atoms with Crippen LogP contribution in [-0.2, 0) is 3.79 Å². The van der Waals surface area contributed by atoms with Crippen LogP contribution in [0.4, 0.5) is 10.3 Å². The third-order valence-corrected chi connectivity index (χ3v) is 6.44. The fourth-order valence-electron chi connectivity index (χ4n) is 2.34. The van der Waals surface area contributed by atoms with Crippen molar-refractivity contribution in [1.29, 1.82) is 0 Å². The molecule has 2 heterocycles. The Bertz CT molecular complexity index is 971. The molecule has 0 unspecified atom stereocenters. The van der Waals surface area contributed by atoms with Crippen molar-refractivity contribution in [2.24, 2.45) is 0 Å². The van der Waals surface area contributed by atoms with Gasteiger partial charge >= 0.3 is 0 Å². The van der Waals surface area contributed by atoms with Gasteiger partial charge in [0.1, 0.15) is 0 Å². The molecule has 0 atom stereocenters. The van der Waals surface area contributed by atoms with Gasteiger partial charge in [-0.3, -0.25) is 4.90 Å². The Morgan fingerprint density at radius 1 is 0.931 bits per heavy atom. The maximum atomic E-state index is 6.12. The Morgan fingerprint density at radius 2 is 1.62 bits per heavy atom. The number of rotatable bonds is 7. The first kappa shape index (κ1) is 23.2. The molecule has 3 aromatic rings. The second-order valence-electron chi connectivity index (χ2n) is 6.24. The predicted molar refractivity (Wildman–Crippen MR) is 125 cm³/mol. The zero-order chi connectivity index (χ0) is 21.2. The molecule has 3 rings (SSSR count). The van der Waals surface area contributed by atoms with Gasteiger partial charge in [0.15, 0.2) is 11.6 Å². The molecule has 0 amide bonds. The first-order valence-electron chi connectivity index (χ1n) is 8.27. The second kappa shape index (κ2) is 9.78. The zero-order valence-electron chi connectivity index (χ0n) is 15.2. The summed E-state index contributed by atoms with van der Waals surface area (Å²) in [6, 6.07) is 5.27. The number of benzene rings is 1. The summed E-state index contributed by atoms with van der Waals surface area (Å²) in [4.78, 5) is 13.1. The van der Waals surface area contributed by atoms with Crippen molar-refractivity contribution in [3.05, 3.63) is 34.1 Å². The lowest BCUT2D eigenvalue weighted by atomic mass is 10.2. The Kier molecular flexibility index (Phi) is 7.83. The van der Waals surface area contributed by atoms with E-state index in [2.05, 4.69) is 23.6 Å². The summed E-state index contributed by atoms with van der Waals surface area (Å²) >= 11 is 32.3. The van der Waals surface area contributed by atoms with Gasteiger partial charge in [-0.25, -0.2) is 0 Å². The van der Waals surface area contributed by atoms with E-state index in [1.54, 1.807) is 12.1 Å². The summed E-state index contributed by atoms with van der Waals surface area (Å²) in [5, 5.41) is 2.17. The Morgan fingerprint density at radius 3 is 2.24 bits per heavy atom. The van der Waals surface area contributed by atoms with Crippen molar-refractivity contribution in [3.8, 4) is 11.4 Å². The molecule has 13 heteroatoms. The molecule has 0 N–H and O–H groups in total. The van der Waals surface area contributed by atoms with Gasteiger partial charge in [-0.15, -0.1) is 0 Å². The van der Waals surface area contributed by atoms with Gasteiger partial charge in [0.05, 0.1) is 10.0 Å². The SMILES string of the molecule is CN(C)CCCN(c1nc(-c2ccc(Cl)c(Cl)c2)ns1)c1nc(C(Cl)(Cl)Cl)ns1. The number of hydrogen-bond acceptors (Lipinski definition) is 8. The van der Waals surface area contributed by atoms with Crippen molar-refractivity contribution in [2.45, 2.75) is 10.2 Å². The summed E-state index contributed by atoms with van der Waals surface area (Å²) in [5.74, 6) is 0.682. The molecule has 0 aliphatic rings. The monoisotopic (exact) mass is 530 g/mol. The highest BCUT2D eigenvalue weighted by Gasteiger charge is 2.30. The molecule has 0 aliphatic heterocycles. The normalized spacial score (nSPS) is 12.0. The minimum Gasteiger partial charge on any atom is -0.309 e. The second-order valence-corrected chi connectivity index (χ2v) is 10.8. The van der Waals surface area contributed by atoms with E-state index in [-0.39, 0.29) is 5.82 Å². The predicted octanol–water partition coefficient (Wildman–Crippen LogP) is 6.28. The van der Waals surface area contributed by atoms with E-state index in [4.69, 9.17) is 58.0 Å². The average Bonchev–Trinajstić information content (AvgIpc) is 3.30. The van der Waals surface area contributed by atoms with Crippen molar-refractivity contribution in [1.82, 2.24) is 23.6 Å². The minimum atomic E-state index is -1.68. The Labute approximate surface area is 201 Å². The van der Waals surface area contributed by atoms with Gasteiger partial charge in [0.2, 0.25) is 10.3 Å². The largest absolute Gasteiger partial charge is 0.309 e. The fraction of sp³-hybridized carbons (Fsp3) is 0.375. The van der Waals surface area contributed by atoms with E-state index in [0.717, 1.165) is 30.1 Å². The smallest absolute Gasteiger partial charge is 0.251 e. The molecule has 29 heavy (non-hydrogen) atoms. The molecule has 0 aliphatic carbocycles. The van der Waals surface area contributed by atoms with Crippen LogP contribution in [0.3, 0.4) is 0 Å². The van der Waals surface area contributed by atoms with E-state index in [1.807, 2.05) is 25.1 Å². The van der Waals surface area contributed by atoms with Gasteiger partial charge in [-0.05, 0) is 45.3 Å². The van der Waals surface area contributed by atoms with Crippen LogP contribution in [0.2, 0.25) is 10.0 Å². The topological polar surface area (TPSA) is 58.0 Å². The first-order valence-corrected chi connectivity index (χ1v) is 11.7. The quantitative estimate of drug-likeness (QED) is 0.334. The minimum absolute atomic E-state index is 0.134. The van der Waals surface area contributed by atoms with Crippen molar-refractivity contribution in [2.75, 3.05) is 32.1 Å². The van der Waals surface area contributed by atoms with Crippen LogP contribution in [0.5, 0.6) is 0 Å². The lowest BCUT2D eigenvalue weighted by molar-refractivity contribution is 0.402. The third kappa shape index (κ3) is 6.04. The van der Waals surface area contributed by atoms with Crippen LogP contribution in [0.15, 0.2) is 18.2 Å². The first-order chi connectivity index (χ1) is 13.6. The van der Waals surface area contributed by atoms with Gasteiger partial charge < -0.3 is 4.90 Å². The van der Waals surface area contributed by atoms with Crippen LogP contribution in [0.25, 0.3) is 11.4 Å². The van der Waals surface area contributed by atoms with Crippen molar-refractivity contribution >= 4 is 91.3 Å². The maximum Gasteiger partial charge on any atom is 0.251 e. The summed E-state index contributed by atoms with van der Waals surface area (Å²) < 4.78 is 6.94. The lowest BCUT2D eigenvalue weighted by Crippen LogP contribution is -2.23. The number of halogens is 5. The van der Waals surface area contributed by atoms with E-state index in [0.29, 0.717) is 32.7 Å². The van der Waals surface area contributed by atoms with Crippen molar-refractivity contribution in [3.63, 3.8) is 0 Å². The van der Waals surface area contributed by atoms with Gasteiger partial charge in [-0.2, -0.15) is 18.7 Å². The van der Waals surface area contributed by atoms with Gasteiger partial charge in [0.25, 0.3) is 3.79 Å². The fourth-order valence-corrected chi connectivity index (χ4v) is 4.56. The molecule has 0 saturated carbocycles. The average molecular weight is 533 g/mol. The molecule has 0 spiro atoms. The molecule has 1 aromatic carbocycles. The van der Waals surface area contributed by atoms with Crippen LogP contribution < -0.4 is 4.90 Å². The Balaban J connectivity index is 1.90. The number of alkyl halides is 3. The van der Waals surface area contributed by atoms with Crippen LogP contribution >= 0.6 is 81.1 Å². The molecule has 0 fully saturated rings. The van der Waals surface area contributed by atoms with E-state index in [1.165, 1.54) is 11.5 Å². The standard InChI is InChI=1S/C16H15Cl5N6S2/c1-26(2)6-3-7-27(15-23-13(25-29-15)16(19,20)21)14-22-12(24-28-14)9-4-5-10(17)11(18)8-9/h4-5,8H,3,6-7H2,1-2H3. The van der Waals surface area contributed by atoms with Crippen LogP contribution in [-0.4, -0.2) is 50.8 Å². The molecule has 2 aromatic heterocycles. The number of aromatic nitrogens is 4. The number of hydrogen-bond donors (Lipinski definition) is 0. The van der Waals surface area contributed by atoms with Gasteiger partial charge in [-0.1, -0.05) is 58.0 Å². The molecule has 0 bridgehead atoms. The molecule has 156 valence electrons. The highest BCUT2D eigenvalue weighted by Crippen LogP contribution is 2.39. The third-order valence-electron chi connectivity index (χ3n) is 3.71. The lowest BCUT2D eigenvalue weighted by Gasteiger charge is -2.19. The molecular weight excluding hydrogens is 518 g/mol. The van der Waals surface area contributed by atoms with Crippen molar-refractivity contribution < 1.29 is 0 Å².